The molecule has 1 saturated carbocycles. The molecule has 1 aliphatic heterocycles. The van der Waals surface area contributed by atoms with Gasteiger partial charge in [0.25, 0.3) is 0 Å². The first kappa shape index (κ1) is 11.7. The smallest absolute Gasteiger partial charge is 0.228 e. The molecule has 0 aromatic heterocycles. The van der Waals surface area contributed by atoms with Crippen molar-refractivity contribution in [2.45, 2.75) is 37.9 Å². The summed E-state index contributed by atoms with van der Waals surface area (Å²) in [7, 11) is 0. The van der Waals surface area contributed by atoms with Crippen LogP contribution in [0.5, 0.6) is 0 Å². The first-order chi connectivity index (χ1) is 8.72. The van der Waals surface area contributed by atoms with E-state index < -0.39 is 0 Å². The summed E-state index contributed by atoms with van der Waals surface area (Å²) in [6.07, 6.45) is 3.07. The quantitative estimate of drug-likeness (QED) is 0.832. The monoisotopic (exact) mass is 245 g/mol. The van der Waals surface area contributed by atoms with Gasteiger partial charge in [0.05, 0.1) is 0 Å². The number of carbonyl (C=O) groups is 1. The minimum absolute atomic E-state index is 0.0197. The van der Waals surface area contributed by atoms with Crippen molar-refractivity contribution in [3.63, 3.8) is 0 Å². The Bertz CT molecular complexity index is 439. The summed E-state index contributed by atoms with van der Waals surface area (Å²) in [5.41, 5.74) is 8.02. The van der Waals surface area contributed by atoms with Crippen LogP contribution in [0, 0.1) is 0 Å². The number of nitrogens with one attached hydrogen (secondary N) is 1. The zero-order valence-corrected chi connectivity index (χ0v) is 10.4. The first-order valence-electron chi connectivity index (χ1n) is 6.60. The Labute approximate surface area is 107 Å². The van der Waals surface area contributed by atoms with Gasteiger partial charge in [0.1, 0.15) is 0 Å². The number of carbonyl (C=O) groups excluding carboxylic acids is 1. The van der Waals surface area contributed by atoms with E-state index in [-0.39, 0.29) is 11.9 Å². The third-order valence-corrected chi connectivity index (χ3v) is 3.58. The first-order valence-corrected chi connectivity index (χ1v) is 6.60. The summed E-state index contributed by atoms with van der Waals surface area (Å²) < 4.78 is 0. The summed E-state index contributed by atoms with van der Waals surface area (Å²) in [5, 5.41) is 3.48. The number of anilines is 1. The lowest BCUT2D eigenvalue weighted by atomic mass is 10.2. The molecule has 18 heavy (non-hydrogen) atoms. The Morgan fingerprint density at radius 3 is 2.56 bits per heavy atom. The Morgan fingerprint density at radius 2 is 2.00 bits per heavy atom. The topological polar surface area (TPSA) is 58.4 Å². The van der Waals surface area contributed by atoms with E-state index in [4.69, 9.17) is 5.73 Å². The molecule has 3 rings (SSSR count). The largest absolute Gasteiger partial charge is 0.326 e. The lowest BCUT2D eigenvalue weighted by Gasteiger charge is -2.16. The van der Waals surface area contributed by atoms with Gasteiger partial charge < -0.3 is 16.0 Å². The maximum atomic E-state index is 11.7. The van der Waals surface area contributed by atoms with Crippen molar-refractivity contribution < 1.29 is 4.79 Å². The Kier molecular flexibility index (Phi) is 3.06. The van der Waals surface area contributed by atoms with Gasteiger partial charge in [0.2, 0.25) is 5.91 Å². The summed E-state index contributed by atoms with van der Waals surface area (Å²) in [6.45, 7) is 1.55. The molecule has 1 amide bonds. The van der Waals surface area contributed by atoms with Crippen LogP contribution in [0.2, 0.25) is 0 Å². The molecule has 0 spiro atoms. The third kappa shape index (κ3) is 2.54. The molecule has 1 aliphatic carbocycles. The summed E-state index contributed by atoms with van der Waals surface area (Å²) in [5.74, 6) is 0.131. The molecule has 0 bridgehead atoms. The molecule has 4 heteroatoms. The molecule has 96 valence electrons. The molecular formula is C14H19N3O. The average Bonchev–Trinajstić information content (AvgIpc) is 3.13. The fourth-order valence-electron chi connectivity index (χ4n) is 2.33. The molecule has 2 fully saturated rings. The fourth-order valence-corrected chi connectivity index (χ4v) is 2.33. The average molecular weight is 245 g/mol. The summed E-state index contributed by atoms with van der Waals surface area (Å²) in [4.78, 5) is 13.5. The highest BCUT2D eigenvalue weighted by Gasteiger charge is 2.27. The van der Waals surface area contributed by atoms with Crippen LogP contribution in [-0.2, 0) is 11.3 Å². The van der Waals surface area contributed by atoms with Crippen molar-refractivity contribution in [3.05, 3.63) is 29.8 Å². The molecule has 4 nitrogen and oxygen atoms in total. The van der Waals surface area contributed by atoms with Crippen LogP contribution < -0.4 is 16.0 Å². The van der Waals surface area contributed by atoms with E-state index in [1.807, 2.05) is 12.1 Å². The number of hydrogen-bond acceptors (Lipinski definition) is 3. The normalized spacial score (nSPS) is 23.7. The van der Waals surface area contributed by atoms with Crippen molar-refractivity contribution in [2.75, 3.05) is 11.4 Å². The van der Waals surface area contributed by atoms with Crippen LogP contribution in [0.25, 0.3) is 0 Å². The second-order valence-corrected chi connectivity index (χ2v) is 5.29. The van der Waals surface area contributed by atoms with Gasteiger partial charge in [0, 0.05) is 37.3 Å². The van der Waals surface area contributed by atoms with Crippen LogP contribution in [-0.4, -0.2) is 24.5 Å². The lowest BCUT2D eigenvalue weighted by Crippen LogP contribution is -2.27. The highest BCUT2D eigenvalue weighted by Crippen LogP contribution is 2.22. The molecule has 0 radical (unpaired) electrons. The van der Waals surface area contributed by atoms with E-state index in [9.17, 15) is 4.79 Å². The van der Waals surface area contributed by atoms with Crippen molar-refractivity contribution in [3.8, 4) is 0 Å². The predicted molar refractivity (Wildman–Crippen MR) is 71.2 cm³/mol. The summed E-state index contributed by atoms with van der Waals surface area (Å²) in [6, 6.07) is 8.90. The van der Waals surface area contributed by atoms with Gasteiger partial charge in [-0.25, -0.2) is 0 Å². The van der Waals surface area contributed by atoms with E-state index >= 15 is 0 Å². The van der Waals surface area contributed by atoms with Crippen LogP contribution in [0.4, 0.5) is 5.69 Å². The molecule has 1 unspecified atom stereocenters. The van der Waals surface area contributed by atoms with Crippen molar-refractivity contribution in [2.24, 2.45) is 5.73 Å². The van der Waals surface area contributed by atoms with Crippen LogP contribution in [0.3, 0.4) is 0 Å². The predicted octanol–water partition coefficient (Wildman–Crippen LogP) is 1.00. The van der Waals surface area contributed by atoms with Gasteiger partial charge in [-0.15, -0.1) is 0 Å². The molecule has 1 atom stereocenters. The Balaban J connectivity index is 1.64. The molecule has 1 saturated heterocycles. The van der Waals surface area contributed by atoms with Gasteiger partial charge in [-0.05, 0) is 30.5 Å². The van der Waals surface area contributed by atoms with E-state index in [1.54, 1.807) is 4.90 Å². The van der Waals surface area contributed by atoms with Gasteiger partial charge in [0.15, 0.2) is 0 Å². The van der Waals surface area contributed by atoms with Gasteiger partial charge in [-0.1, -0.05) is 12.1 Å². The standard InChI is InChI=1S/C14H19N3O/c15-11-7-14(18)17(9-11)13-5-1-10(2-6-13)8-16-12-3-4-12/h1-2,5-6,11-12,16H,3-4,7-9,15H2. The second kappa shape index (κ2) is 4.71. The number of nitrogens with two attached hydrogens (primary N) is 1. The van der Waals surface area contributed by atoms with Crippen LogP contribution in [0.15, 0.2) is 24.3 Å². The van der Waals surface area contributed by atoms with E-state index in [0.29, 0.717) is 13.0 Å². The number of nitrogens with zero attached hydrogens (tertiary/aromatic N) is 1. The number of rotatable bonds is 4. The molecule has 2 aliphatic rings. The van der Waals surface area contributed by atoms with E-state index in [0.717, 1.165) is 18.3 Å². The maximum absolute atomic E-state index is 11.7. The Hall–Kier alpha value is -1.39. The SMILES string of the molecule is NC1CC(=O)N(c2ccc(CNC3CC3)cc2)C1. The Morgan fingerprint density at radius 1 is 1.28 bits per heavy atom. The van der Waals surface area contributed by atoms with Gasteiger partial charge in [-0.3, -0.25) is 4.79 Å². The lowest BCUT2D eigenvalue weighted by molar-refractivity contribution is -0.117. The zero-order valence-electron chi connectivity index (χ0n) is 10.4. The van der Waals surface area contributed by atoms with E-state index in [2.05, 4.69) is 17.4 Å². The molecule has 1 aromatic rings. The highest BCUT2D eigenvalue weighted by atomic mass is 16.2. The maximum Gasteiger partial charge on any atom is 0.228 e. The fraction of sp³-hybridized carbons (Fsp3) is 0.500. The van der Waals surface area contributed by atoms with E-state index in [1.165, 1.54) is 18.4 Å². The van der Waals surface area contributed by atoms with Crippen molar-refractivity contribution in [1.29, 1.82) is 0 Å². The number of amides is 1. The number of benzene rings is 1. The third-order valence-electron chi connectivity index (χ3n) is 3.58. The van der Waals surface area contributed by atoms with Gasteiger partial charge >= 0.3 is 0 Å². The number of hydrogen-bond donors (Lipinski definition) is 2. The summed E-state index contributed by atoms with van der Waals surface area (Å²) >= 11 is 0. The van der Waals surface area contributed by atoms with Gasteiger partial charge in [-0.2, -0.15) is 0 Å². The molecule has 3 N–H and O–H groups in total. The minimum atomic E-state index is -0.0197. The molecule has 1 heterocycles. The molecule has 1 aromatic carbocycles. The zero-order chi connectivity index (χ0) is 12.5. The molecular weight excluding hydrogens is 226 g/mol. The highest BCUT2D eigenvalue weighted by molar-refractivity contribution is 5.96. The van der Waals surface area contributed by atoms with Crippen LogP contribution in [0.1, 0.15) is 24.8 Å². The van der Waals surface area contributed by atoms with Crippen LogP contribution >= 0.6 is 0 Å². The minimum Gasteiger partial charge on any atom is -0.326 e. The second-order valence-electron chi connectivity index (χ2n) is 5.29. The van der Waals surface area contributed by atoms with Crippen molar-refractivity contribution >= 4 is 11.6 Å². The van der Waals surface area contributed by atoms with Crippen molar-refractivity contribution in [1.82, 2.24) is 5.32 Å².